The van der Waals surface area contributed by atoms with Crippen LogP contribution in [0.1, 0.15) is 43.5 Å². The second-order valence-corrected chi connectivity index (χ2v) is 6.69. The number of amides is 1. The predicted octanol–water partition coefficient (Wildman–Crippen LogP) is 2.87. The summed E-state index contributed by atoms with van der Waals surface area (Å²) in [5.41, 5.74) is 0. The lowest BCUT2D eigenvalue weighted by Gasteiger charge is -2.27. The van der Waals surface area contributed by atoms with Crippen molar-refractivity contribution >= 4 is 17.2 Å². The van der Waals surface area contributed by atoms with E-state index in [9.17, 15) is 4.79 Å². The van der Waals surface area contributed by atoms with E-state index in [4.69, 9.17) is 0 Å². The summed E-state index contributed by atoms with van der Waals surface area (Å²) in [4.78, 5) is 13.9. The molecule has 2 N–H and O–H groups in total. The van der Waals surface area contributed by atoms with Crippen molar-refractivity contribution in [2.24, 2.45) is 5.92 Å². The van der Waals surface area contributed by atoms with E-state index in [-0.39, 0.29) is 18.0 Å². The van der Waals surface area contributed by atoms with Crippen molar-refractivity contribution in [2.75, 3.05) is 6.54 Å². The number of piperazine rings is 1. The second kappa shape index (κ2) is 6.90. The van der Waals surface area contributed by atoms with Gasteiger partial charge in [0.25, 0.3) is 0 Å². The largest absolute Gasteiger partial charge is 0.346 e. The summed E-state index contributed by atoms with van der Waals surface area (Å²) in [5.74, 6) is 0.923. The van der Waals surface area contributed by atoms with Gasteiger partial charge in [0.15, 0.2) is 0 Å². The fourth-order valence-corrected chi connectivity index (χ4v) is 2.48. The fourth-order valence-electron chi connectivity index (χ4n) is 1.55. The van der Waals surface area contributed by atoms with Gasteiger partial charge < -0.3 is 10.6 Å². The number of carbonyl (C=O) groups is 1. The third-order valence-corrected chi connectivity index (χ3v) is 3.56. The smallest absolute Gasteiger partial charge is 0.237 e. The number of hydrogen-bond donors (Lipinski definition) is 2. The number of rotatable bonds is 1. The Balaban J connectivity index is 0.000000357. The highest BCUT2D eigenvalue weighted by Crippen LogP contribution is 2.23. The number of aryl methyl sites for hydroxylation is 1. The lowest BCUT2D eigenvalue weighted by atomic mass is 10.1. The van der Waals surface area contributed by atoms with Gasteiger partial charge in [0, 0.05) is 16.3 Å². The first kappa shape index (κ1) is 15.2. The molecule has 102 valence electrons. The zero-order chi connectivity index (χ0) is 13.7. The molecular formula is C14H24N2OS. The van der Waals surface area contributed by atoms with Crippen LogP contribution in [0.15, 0.2) is 12.1 Å². The second-order valence-electron chi connectivity index (χ2n) is 5.37. The Kier molecular flexibility index (Phi) is 5.82. The van der Waals surface area contributed by atoms with E-state index in [1.54, 1.807) is 11.3 Å². The molecule has 1 aromatic rings. The molecule has 0 radical (unpaired) electrons. The van der Waals surface area contributed by atoms with Crippen molar-refractivity contribution in [1.29, 1.82) is 0 Å². The minimum Gasteiger partial charge on any atom is -0.346 e. The number of thiophene rings is 1. The van der Waals surface area contributed by atoms with Gasteiger partial charge in [0.05, 0.1) is 12.1 Å². The summed E-state index contributed by atoms with van der Waals surface area (Å²) in [6.07, 6.45) is 0. The summed E-state index contributed by atoms with van der Waals surface area (Å²) >= 11 is 1.74. The van der Waals surface area contributed by atoms with Crippen LogP contribution in [0.3, 0.4) is 0 Å². The van der Waals surface area contributed by atoms with Crippen molar-refractivity contribution in [3.8, 4) is 0 Å². The highest BCUT2D eigenvalue weighted by molar-refractivity contribution is 7.12. The lowest BCUT2D eigenvalue weighted by molar-refractivity contribution is -0.125. The molecule has 1 amide bonds. The summed E-state index contributed by atoms with van der Waals surface area (Å²) in [6, 6.07) is 4.26. The van der Waals surface area contributed by atoms with Crippen LogP contribution in [0.25, 0.3) is 0 Å². The van der Waals surface area contributed by atoms with E-state index >= 15 is 0 Å². The molecule has 0 bridgehead atoms. The van der Waals surface area contributed by atoms with E-state index in [2.05, 4.69) is 50.5 Å². The van der Waals surface area contributed by atoms with E-state index in [1.807, 2.05) is 6.92 Å². The molecule has 18 heavy (non-hydrogen) atoms. The topological polar surface area (TPSA) is 41.1 Å². The monoisotopic (exact) mass is 268 g/mol. The molecule has 1 unspecified atom stereocenters. The molecule has 1 aliphatic heterocycles. The normalized spacial score (nSPS) is 23.3. The average molecular weight is 268 g/mol. The van der Waals surface area contributed by atoms with Crippen LogP contribution in [0.2, 0.25) is 0 Å². The molecule has 0 saturated carbocycles. The standard InChI is InChI=1S/C10H14N2OS.C4H10/c1-6-3-4-9(14-6)8-5-11-7(2)10(13)12-8;1-4(2)3/h3-4,7-8,11H,5H2,1-2H3,(H,12,13);4H,1-3H3/t7?,8-;/m0./s1. The van der Waals surface area contributed by atoms with E-state index in [1.165, 1.54) is 9.75 Å². The van der Waals surface area contributed by atoms with Gasteiger partial charge in [0.1, 0.15) is 0 Å². The molecule has 2 atom stereocenters. The molecule has 0 aromatic carbocycles. The number of hydrogen-bond acceptors (Lipinski definition) is 3. The van der Waals surface area contributed by atoms with Crippen LogP contribution in [0, 0.1) is 12.8 Å². The van der Waals surface area contributed by atoms with Crippen LogP contribution in [0.5, 0.6) is 0 Å². The summed E-state index contributed by atoms with van der Waals surface area (Å²) in [7, 11) is 0. The van der Waals surface area contributed by atoms with Gasteiger partial charge in [0.2, 0.25) is 5.91 Å². The lowest BCUT2D eigenvalue weighted by Crippen LogP contribution is -2.52. The number of nitrogens with one attached hydrogen (secondary N) is 2. The van der Waals surface area contributed by atoms with Crippen LogP contribution in [-0.4, -0.2) is 18.5 Å². The Morgan fingerprint density at radius 3 is 2.39 bits per heavy atom. The maximum absolute atomic E-state index is 11.4. The quantitative estimate of drug-likeness (QED) is 0.822. The SMILES string of the molecule is CC(C)C.Cc1ccc([C@@H]2CNC(C)C(=O)N2)s1. The molecule has 1 aliphatic rings. The molecular weight excluding hydrogens is 244 g/mol. The Morgan fingerprint density at radius 1 is 1.33 bits per heavy atom. The van der Waals surface area contributed by atoms with Gasteiger partial charge in [-0.15, -0.1) is 11.3 Å². The summed E-state index contributed by atoms with van der Waals surface area (Å²) in [6.45, 7) is 11.3. The van der Waals surface area contributed by atoms with Crippen molar-refractivity contribution in [3.63, 3.8) is 0 Å². The first-order valence-electron chi connectivity index (χ1n) is 6.50. The maximum atomic E-state index is 11.4. The molecule has 4 heteroatoms. The Morgan fingerprint density at radius 2 is 1.94 bits per heavy atom. The molecule has 1 aromatic heterocycles. The Bertz CT molecular complexity index is 384. The van der Waals surface area contributed by atoms with Crippen LogP contribution in [0.4, 0.5) is 0 Å². The van der Waals surface area contributed by atoms with Gasteiger partial charge in [-0.1, -0.05) is 20.8 Å². The molecule has 2 rings (SSSR count). The van der Waals surface area contributed by atoms with Gasteiger partial charge in [-0.05, 0) is 31.9 Å². The molecule has 1 saturated heterocycles. The zero-order valence-electron chi connectivity index (χ0n) is 11.9. The summed E-state index contributed by atoms with van der Waals surface area (Å²) < 4.78 is 0. The zero-order valence-corrected chi connectivity index (χ0v) is 12.7. The van der Waals surface area contributed by atoms with Gasteiger partial charge in [-0.2, -0.15) is 0 Å². The van der Waals surface area contributed by atoms with E-state index in [0.717, 1.165) is 12.5 Å². The first-order chi connectivity index (χ1) is 8.40. The van der Waals surface area contributed by atoms with Crippen LogP contribution >= 0.6 is 11.3 Å². The first-order valence-corrected chi connectivity index (χ1v) is 7.32. The highest BCUT2D eigenvalue weighted by atomic mass is 32.1. The fraction of sp³-hybridized carbons (Fsp3) is 0.643. The number of carbonyl (C=O) groups excluding carboxylic acids is 1. The predicted molar refractivity (Wildman–Crippen MR) is 77.9 cm³/mol. The Labute approximate surface area is 114 Å². The maximum Gasteiger partial charge on any atom is 0.237 e. The average Bonchev–Trinajstić information content (AvgIpc) is 2.68. The van der Waals surface area contributed by atoms with E-state index < -0.39 is 0 Å². The van der Waals surface area contributed by atoms with Crippen molar-refractivity contribution < 1.29 is 4.79 Å². The third-order valence-electron chi connectivity index (χ3n) is 2.44. The minimum absolute atomic E-state index is 0.0627. The molecule has 1 fully saturated rings. The van der Waals surface area contributed by atoms with E-state index in [0.29, 0.717) is 0 Å². The highest BCUT2D eigenvalue weighted by Gasteiger charge is 2.25. The molecule has 0 aliphatic carbocycles. The molecule has 0 spiro atoms. The van der Waals surface area contributed by atoms with Crippen molar-refractivity contribution in [3.05, 3.63) is 21.9 Å². The van der Waals surface area contributed by atoms with Gasteiger partial charge >= 0.3 is 0 Å². The van der Waals surface area contributed by atoms with Crippen molar-refractivity contribution in [2.45, 2.75) is 46.7 Å². The van der Waals surface area contributed by atoms with Crippen LogP contribution in [-0.2, 0) is 4.79 Å². The molecule has 2 heterocycles. The van der Waals surface area contributed by atoms with Crippen molar-refractivity contribution in [1.82, 2.24) is 10.6 Å². The molecule has 3 nitrogen and oxygen atoms in total. The summed E-state index contributed by atoms with van der Waals surface area (Å²) in [5, 5.41) is 6.19. The van der Waals surface area contributed by atoms with Gasteiger partial charge in [-0.25, -0.2) is 0 Å². The Hall–Kier alpha value is -0.870. The van der Waals surface area contributed by atoms with Crippen LogP contribution < -0.4 is 10.6 Å². The van der Waals surface area contributed by atoms with Gasteiger partial charge in [-0.3, -0.25) is 4.79 Å². The minimum atomic E-state index is -0.0627. The third kappa shape index (κ3) is 4.78.